The minimum absolute atomic E-state index is 0.734. The van der Waals surface area contributed by atoms with E-state index in [0.717, 1.165) is 11.8 Å². The molecule has 3 aliphatic rings. The average Bonchev–Trinajstić information content (AvgIpc) is 2.06. The van der Waals surface area contributed by atoms with Crippen LogP contribution in [0, 0.1) is 11.8 Å². The van der Waals surface area contributed by atoms with Crippen LogP contribution in [0.25, 0.3) is 0 Å². The van der Waals surface area contributed by atoms with Gasteiger partial charge in [0.05, 0.1) is 0 Å². The molecule has 10 heavy (non-hydrogen) atoms. The third-order valence-electron chi connectivity index (χ3n) is 2.88. The zero-order valence-corrected chi connectivity index (χ0v) is 6.94. The molecular weight excluding hydrogens is 142 g/mol. The number of rotatable bonds is 1. The molecule has 3 heterocycles. The standard InChI is InChI=1S/C8H13NS/c10-6-8-5-9-3-1-7(8)2-4-9/h6-8H,1-5H2. The highest BCUT2D eigenvalue weighted by Gasteiger charge is 2.32. The summed E-state index contributed by atoms with van der Waals surface area (Å²) in [5.41, 5.74) is 0. The zero-order chi connectivity index (χ0) is 6.97. The minimum Gasteiger partial charge on any atom is -0.303 e. The van der Waals surface area contributed by atoms with Crippen molar-refractivity contribution in [3.63, 3.8) is 0 Å². The smallest absolute Gasteiger partial charge is 0.00552 e. The lowest BCUT2D eigenvalue weighted by Gasteiger charge is -2.43. The Morgan fingerprint density at radius 2 is 2.00 bits per heavy atom. The largest absolute Gasteiger partial charge is 0.303 e. The molecule has 0 aromatic heterocycles. The van der Waals surface area contributed by atoms with Crippen molar-refractivity contribution in [2.75, 3.05) is 19.6 Å². The first-order chi connectivity index (χ1) is 4.90. The number of piperidine rings is 3. The van der Waals surface area contributed by atoms with E-state index >= 15 is 0 Å². The van der Waals surface area contributed by atoms with Gasteiger partial charge in [-0.1, -0.05) is 12.2 Å². The first kappa shape index (κ1) is 6.74. The highest BCUT2D eigenvalue weighted by atomic mass is 32.1. The molecule has 0 radical (unpaired) electrons. The van der Waals surface area contributed by atoms with Gasteiger partial charge in [-0.3, -0.25) is 0 Å². The van der Waals surface area contributed by atoms with Gasteiger partial charge >= 0.3 is 0 Å². The molecule has 3 fully saturated rings. The molecule has 2 bridgehead atoms. The van der Waals surface area contributed by atoms with E-state index in [2.05, 4.69) is 4.90 Å². The highest BCUT2D eigenvalue weighted by Crippen LogP contribution is 2.30. The van der Waals surface area contributed by atoms with E-state index in [0.29, 0.717) is 0 Å². The van der Waals surface area contributed by atoms with Gasteiger partial charge in [-0.05, 0) is 37.2 Å². The van der Waals surface area contributed by atoms with Crippen LogP contribution in [-0.2, 0) is 0 Å². The van der Waals surface area contributed by atoms with Crippen molar-refractivity contribution in [2.45, 2.75) is 12.8 Å². The molecule has 2 heteroatoms. The molecule has 0 N–H and O–H groups in total. The summed E-state index contributed by atoms with van der Waals surface area (Å²) in [5, 5.41) is 1.98. The van der Waals surface area contributed by atoms with Crippen molar-refractivity contribution in [1.29, 1.82) is 0 Å². The Labute approximate surface area is 67.4 Å². The maximum Gasteiger partial charge on any atom is 0.00552 e. The van der Waals surface area contributed by atoms with Crippen molar-refractivity contribution in [2.24, 2.45) is 11.8 Å². The molecule has 0 saturated carbocycles. The summed E-state index contributed by atoms with van der Waals surface area (Å²) >= 11 is 4.98. The summed E-state index contributed by atoms with van der Waals surface area (Å²) in [6.07, 6.45) is 2.77. The lowest BCUT2D eigenvalue weighted by atomic mass is 9.80. The highest BCUT2D eigenvalue weighted by molar-refractivity contribution is 7.79. The summed E-state index contributed by atoms with van der Waals surface area (Å²) in [6, 6.07) is 0. The number of fused-ring (bicyclic) bond motifs is 3. The van der Waals surface area contributed by atoms with Crippen molar-refractivity contribution in [1.82, 2.24) is 4.90 Å². The van der Waals surface area contributed by atoms with Gasteiger partial charge < -0.3 is 4.90 Å². The van der Waals surface area contributed by atoms with Crippen LogP contribution < -0.4 is 0 Å². The molecule has 0 aromatic carbocycles. The third kappa shape index (κ3) is 0.995. The summed E-state index contributed by atoms with van der Waals surface area (Å²) < 4.78 is 0. The molecule has 0 aliphatic carbocycles. The number of hydrogen-bond acceptors (Lipinski definition) is 2. The van der Waals surface area contributed by atoms with Crippen molar-refractivity contribution in [3.05, 3.63) is 0 Å². The van der Waals surface area contributed by atoms with Crippen LogP contribution >= 0.6 is 12.2 Å². The van der Waals surface area contributed by atoms with Crippen molar-refractivity contribution >= 4 is 17.6 Å². The predicted octanol–water partition coefficient (Wildman–Crippen LogP) is 1.33. The molecule has 1 atom stereocenters. The van der Waals surface area contributed by atoms with Crippen LogP contribution in [0.5, 0.6) is 0 Å². The number of hydrogen-bond donors (Lipinski definition) is 0. The molecule has 0 amide bonds. The number of nitrogens with zero attached hydrogens (tertiary/aromatic N) is 1. The maximum atomic E-state index is 4.98. The van der Waals surface area contributed by atoms with Gasteiger partial charge in [0.15, 0.2) is 0 Å². The van der Waals surface area contributed by atoms with Gasteiger partial charge in [0.2, 0.25) is 0 Å². The summed E-state index contributed by atoms with van der Waals surface area (Å²) in [6.45, 7) is 3.89. The molecule has 3 saturated heterocycles. The normalized spacial score (nSPS) is 45.4. The van der Waals surface area contributed by atoms with Crippen LogP contribution in [0.2, 0.25) is 0 Å². The summed E-state index contributed by atoms with van der Waals surface area (Å²) in [7, 11) is 0. The Morgan fingerprint density at radius 1 is 1.30 bits per heavy atom. The molecule has 1 nitrogen and oxygen atoms in total. The monoisotopic (exact) mass is 155 g/mol. The lowest BCUT2D eigenvalue weighted by molar-refractivity contribution is 0.0849. The summed E-state index contributed by atoms with van der Waals surface area (Å²) in [4.78, 5) is 2.54. The lowest BCUT2D eigenvalue weighted by Crippen LogP contribution is -2.47. The molecule has 56 valence electrons. The van der Waals surface area contributed by atoms with Crippen molar-refractivity contribution in [3.8, 4) is 0 Å². The first-order valence-electron chi connectivity index (χ1n) is 4.08. The van der Waals surface area contributed by atoms with E-state index in [9.17, 15) is 0 Å². The minimum atomic E-state index is 0.734. The predicted molar refractivity (Wildman–Crippen MR) is 46.3 cm³/mol. The Bertz CT molecular complexity index is 138. The quantitative estimate of drug-likeness (QED) is 0.526. The second kappa shape index (κ2) is 2.59. The fraction of sp³-hybridized carbons (Fsp3) is 0.875. The third-order valence-corrected chi connectivity index (χ3v) is 3.23. The van der Waals surface area contributed by atoms with E-state index < -0.39 is 0 Å². The van der Waals surface area contributed by atoms with Crippen LogP contribution in [0.1, 0.15) is 12.8 Å². The van der Waals surface area contributed by atoms with Gasteiger partial charge in [0.1, 0.15) is 0 Å². The van der Waals surface area contributed by atoms with Gasteiger partial charge in [-0.2, -0.15) is 0 Å². The Hall–Kier alpha value is 0.0500. The molecule has 0 spiro atoms. The van der Waals surface area contributed by atoms with Gasteiger partial charge in [0, 0.05) is 12.5 Å². The molecule has 0 aromatic rings. The second-order valence-corrected chi connectivity index (χ2v) is 3.71. The van der Waals surface area contributed by atoms with Gasteiger partial charge in [0.25, 0.3) is 0 Å². The topological polar surface area (TPSA) is 3.24 Å². The molecular formula is C8H13NS. The van der Waals surface area contributed by atoms with E-state index in [1.54, 1.807) is 0 Å². The van der Waals surface area contributed by atoms with E-state index in [1.165, 1.54) is 32.5 Å². The second-order valence-electron chi connectivity index (χ2n) is 3.44. The fourth-order valence-electron chi connectivity index (χ4n) is 2.17. The molecule has 3 aliphatic heterocycles. The van der Waals surface area contributed by atoms with E-state index in [1.807, 2.05) is 5.37 Å². The van der Waals surface area contributed by atoms with E-state index in [-0.39, 0.29) is 0 Å². The van der Waals surface area contributed by atoms with Gasteiger partial charge in [-0.15, -0.1) is 0 Å². The van der Waals surface area contributed by atoms with Crippen molar-refractivity contribution < 1.29 is 0 Å². The summed E-state index contributed by atoms with van der Waals surface area (Å²) in [5.74, 6) is 1.67. The van der Waals surface area contributed by atoms with E-state index in [4.69, 9.17) is 12.2 Å². The first-order valence-corrected chi connectivity index (χ1v) is 4.55. The zero-order valence-electron chi connectivity index (χ0n) is 6.12. The van der Waals surface area contributed by atoms with Crippen LogP contribution in [0.15, 0.2) is 0 Å². The van der Waals surface area contributed by atoms with Crippen LogP contribution in [0.3, 0.4) is 0 Å². The number of thiocarbonyl (C=S) groups is 1. The Morgan fingerprint density at radius 3 is 2.30 bits per heavy atom. The average molecular weight is 155 g/mol. The molecule has 3 rings (SSSR count). The Balaban J connectivity index is 2.07. The fourth-order valence-corrected chi connectivity index (χ4v) is 2.47. The van der Waals surface area contributed by atoms with Crippen LogP contribution in [-0.4, -0.2) is 29.9 Å². The van der Waals surface area contributed by atoms with Gasteiger partial charge in [-0.25, -0.2) is 0 Å². The maximum absolute atomic E-state index is 4.98. The SMILES string of the molecule is S=CC1CN2CCC1CC2. The van der Waals surface area contributed by atoms with Crippen LogP contribution in [0.4, 0.5) is 0 Å². The Kier molecular flexibility index (Phi) is 1.75. The molecule has 1 unspecified atom stereocenters.